The van der Waals surface area contributed by atoms with E-state index in [4.69, 9.17) is 0 Å². The molecule has 0 N–H and O–H groups in total. The first-order chi connectivity index (χ1) is 8.28. The van der Waals surface area contributed by atoms with Crippen molar-refractivity contribution in [3.05, 3.63) is 0 Å². The molecule has 2 nitrogen and oxygen atoms in total. The highest BCUT2D eigenvalue weighted by atomic mass is 16.1. The predicted octanol–water partition coefficient (Wildman–Crippen LogP) is 3.26. The Bertz CT molecular complexity index is 237. The fourth-order valence-corrected chi connectivity index (χ4v) is 3.57. The Hall–Kier alpha value is -0.370. The van der Waals surface area contributed by atoms with Gasteiger partial charge in [-0.15, -0.1) is 0 Å². The minimum atomic E-state index is 0.0112. The first kappa shape index (κ1) is 13.1. The SMILES string of the molecule is CCC1CCN(CC2(C=O)CCCCC2)CC1. The van der Waals surface area contributed by atoms with Crippen LogP contribution in [0.3, 0.4) is 0 Å². The second-order valence-corrected chi connectivity index (χ2v) is 6.17. The van der Waals surface area contributed by atoms with Gasteiger partial charge in [-0.2, -0.15) is 0 Å². The molecule has 0 aromatic rings. The molecule has 0 spiro atoms. The Morgan fingerprint density at radius 1 is 1.18 bits per heavy atom. The zero-order chi connectivity index (χ0) is 12.1. The van der Waals surface area contributed by atoms with Crippen molar-refractivity contribution in [2.24, 2.45) is 11.3 Å². The van der Waals surface area contributed by atoms with Gasteiger partial charge in [0.2, 0.25) is 0 Å². The van der Waals surface area contributed by atoms with Crippen molar-refractivity contribution in [1.29, 1.82) is 0 Å². The van der Waals surface area contributed by atoms with Crippen LogP contribution in [0.5, 0.6) is 0 Å². The summed E-state index contributed by atoms with van der Waals surface area (Å²) in [6, 6.07) is 0. The van der Waals surface area contributed by atoms with Gasteiger partial charge in [0.25, 0.3) is 0 Å². The molecular formula is C15H27NO. The van der Waals surface area contributed by atoms with Gasteiger partial charge < -0.3 is 9.69 Å². The number of carbonyl (C=O) groups is 1. The second kappa shape index (κ2) is 5.99. The fourth-order valence-electron chi connectivity index (χ4n) is 3.57. The molecule has 2 heteroatoms. The topological polar surface area (TPSA) is 20.3 Å². The predicted molar refractivity (Wildman–Crippen MR) is 71.0 cm³/mol. The van der Waals surface area contributed by atoms with Crippen molar-refractivity contribution in [2.45, 2.75) is 58.3 Å². The van der Waals surface area contributed by atoms with Crippen LogP contribution in [0.15, 0.2) is 0 Å². The lowest BCUT2D eigenvalue weighted by Gasteiger charge is -2.40. The molecule has 0 amide bonds. The molecule has 1 aliphatic heterocycles. The van der Waals surface area contributed by atoms with E-state index in [0.29, 0.717) is 0 Å². The smallest absolute Gasteiger partial charge is 0.127 e. The molecule has 98 valence electrons. The number of hydrogen-bond acceptors (Lipinski definition) is 2. The second-order valence-electron chi connectivity index (χ2n) is 6.17. The normalized spacial score (nSPS) is 26.9. The lowest BCUT2D eigenvalue weighted by molar-refractivity contribution is -0.119. The maximum Gasteiger partial charge on any atom is 0.127 e. The Kier molecular flexibility index (Phi) is 4.61. The van der Waals surface area contributed by atoms with Gasteiger partial charge >= 0.3 is 0 Å². The van der Waals surface area contributed by atoms with Crippen LogP contribution in [0.2, 0.25) is 0 Å². The summed E-state index contributed by atoms with van der Waals surface area (Å²) >= 11 is 0. The van der Waals surface area contributed by atoms with Crippen LogP contribution in [0, 0.1) is 11.3 Å². The van der Waals surface area contributed by atoms with Gasteiger partial charge in [0.15, 0.2) is 0 Å². The minimum absolute atomic E-state index is 0.0112. The molecule has 1 heterocycles. The van der Waals surface area contributed by atoms with Gasteiger partial charge in [0.05, 0.1) is 0 Å². The maximum atomic E-state index is 11.4. The average molecular weight is 237 g/mol. The van der Waals surface area contributed by atoms with Crippen LogP contribution in [0.25, 0.3) is 0 Å². The number of likely N-dealkylation sites (tertiary alicyclic amines) is 1. The molecule has 0 aromatic carbocycles. The molecule has 0 aromatic heterocycles. The van der Waals surface area contributed by atoms with Crippen molar-refractivity contribution in [3.8, 4) is 0 Å². The van der Waals surface area contributed by atoms with E-state index >= 15 is 0 Å². The molecule has 1 saturated carbocycles. The van der Waals surface area contributed by atoms with Crippen LogP contribution in [-0.4, -0.2) is 30.8 Å². The summed E-state index contributed by atoms with van der Waals surface area (Å²) in [4.78, 5) is 14.0. The van der Waals surface area contributed by atoms with Gasteiger partial charge in [-0.3, -0.25) is 0 Å². The Morgan fingerprint density at radius 2 is 1.82 bits per heavy atom. The molecule has 0 bridgehead atoms. The first-order valence-electron chi connectivity index (χ1n) is 7.47. The molecule has 2 aliphatic rings. The standard InChI is InChI=1S/C15H27NO/c1-2-14-6-10-16(11-7-14)12-15(13-17)8-4-3-5-9-15/h13-14H,2-12H2,1H3. The van der Waals surface area contributed by atoms with E-state index in [-0.39, 0.29) is 5.41 Å². The van der Waals surface area contributed by atoms with Crippen LogP contribution >= 0.6 is 0 Å². The van der Waals surface area contributed by atoms with E-state index < -0.39 is 0 Å². The van der Waals surface area contributed by atoms with E-state index in [1.807, 2.05) is 0 Å². The van der Waals surface area contributed by atoms with Gasteiger partial charge in [-0.05, 0) is 44.7 Å². The highest BCUT2D eigenvalue weighted by Gasteiger charge is 2.34. The molecule has 2 fully saturated rings. The van der Waals surface area contributed by atoms with E-state index in [1.165, 1.54) is 57.9 Å². The fraction of sp³-hybridized carbons (Fsp3) is 0.933. The third-order valence-electron chi connectivity index (χ3n) is 4.92. The van der Waals surface area contributed by atoms with Crippen molar-refractivity contribution >= 4 is 6.29 Å². The van der Waals surface area contributed by atoms with Crippen molar-refractivity contribution in [1.82, 2.24) is 4.90 Å². The Morgan fingerprint density at radius 3 is 2.35 bits per heavy atom. The van der Waals surface area contributed by atoms with Crippen LogP contribution < -0.4 is 0 Å². The van der Waals surface area contributed by atoms with Gasteiger partial charge in [-0.25, -0.2) is 0 Å². The summed E-state index contributed by atoms with van der Waals surface area (Å²) in [7, 11) is 0. The lowest BCUT2D eigenvalue weighted by atomic mass is 9.74. The monoisotopic (exact) mass is 237 g/mol. The Balaban J connectivity index is 1.84. The number of rotatable bonds is 4. The van der Waals surface area contributed by atoms with Gasteiger partial charge in [-0.1, -0.05) is 32.6 Å². The number of carbonyl (C=O) groups excluding carboxylic acids is 1. The molecule has 1 aliphatic carbocycles. The highest BCUT2D eigenvalue weighted by molar-refractivity contribution is 5.60. The van der Waals surface area contributed by atoms with Crippen molar-refractivity contribution in [3.63, 3.8) is 0 Å². The Labute approximate surface area is 106 Å². The summed E-state index contributed by atoms with van der Waals surface area (Å²) in [5.41, 5.74) is 0.0112. The molecule has 2 rings (SSSR count). The van der Waals surface area contributed by atoms with Crippen LogP contribution in [0.1, 0.15) is 58.3 Å². The highest BCUT2D eigenvalue weighted by Crippen LogP contribution is 2.36. The zero-order valence-corrected chi connectivity index (χ0v) is 11.3. The summed E-state index contributed by atoms with van der Waals surface area (Å²) in [6.45, 7) is 5.77. The molecule has 0 unspecified atom stereocenters. The third kappa shape index (κ3) is 3.31. The molecule has 0 atom stereocenters. The molecule has 0 radical (unpaired) electrons. The minimum Gasteiger partial charge on any atom is -0.303 e. The van der Waals surface area contributed by atoms with E-state index in [1.54, 1.807) is 0 Å². The number of piperidine rings is 1. The zero-order valence-electron chi connectivity index (χ0n) is 11.3. The first-order valence-corrected chi connectivity index (χ1v) is 7.47. The lowest BCUT2D eigenvalue weighted by Crippen LogP contribution is -2.43. The number of hydrogen-bond donors (Lipinski definition) is 0. The summed E-state index contributed by atoms with van der Waals surface area (Å²) in [5.74, 6) is 0.935. The third-order valence-corrected chi connectivity index (χ3v) is 4.92. The summed E-state index contributed by atoms with van der Waals surface area (Å²) < 4.78 is 0. The van der Waals surface area contributed by atoms with E-state index in [2.05, 4.69) is 11.8 Å². The van der Waals surface area contributed by atoms with Crippen molar-refractivity contribution in [2.75, 3.05) is 19.6 Å². The number of nitrogens with zero attached hydrogens (tertiary/aromatic N) is 1. The number of aldehydes is 1. The average Bonchev–Trinajstić information content (AvgIpc) is 2.41. The quantitative estimate of drug-likeness (QED) is 0.700. The summed E-state index contributed by atoms with van der Waals surface area (Å²) in [6.07, 6.45) is 11.4. The van der Waals surface area contributed by atoms with E-state index in [0.717, 1.165) is 25.3 Å². The molecule has 17 heavy (non-hydrogen) atoms. The van der Waals surface area contributed by atoms with Gasteiger partial charge in [0, 0.05) is 12.0 Å². The van der Waals surface area contributed by atoms with Crippen molar-refractivity contribution < 1.29 is 4.79 Å². The largest absolute Gasteiger partial charge is 0.303 e. The molecule has 1 saturated heterocycles. The van der Waals surface area contributed by atoms with E-state index in [9.17, 15) is 4.79 Å². The summed E-state index contributed by atoms with van der Waals surface area (Å²) in [5, 5.41) is 0. The van der Waals surface area contributed by atoms with Gasteiger partial charge in [0.1, 0.15) is 6.29 Å². The van der Waals surface area contributed by atoms with Crippen LogP contribution in [-0.2, 0) is 4.79 Å². The maximum absolute atomic E-state index is 11.4. The molecular weight excluding hydrogens is 210 g/mol. The van der Waals surface area contributed by atoms with Crippen LogP contribution in [0.4, 0.5) is 0 Å².